The Morgan fingerprint density at radius 2 is 1.68 bits per heavy atom. The van der Waals surface area contributed by atoms with Gasteiger partial charge >= 0.3 is 0 Å². The number of sulfone groups is 1. The molecule has 0 atom stereocenters. The normalized spacial score (nSPS) is 17.7. The minimum atomic E-state index is -3.28. The summed E-state index contributed by atoms with van der Waals surface area (Å²) in [4.78, 5) is 9.57. The van der Waals surface area contributed by atoms with E-state index in [0.717, 1.165) is 53.9 Å². The molecule has 0 N–H and O–H groups in total. The van der Waals surface area contributed by atoms with Crippen molar-refractivity contribution in [2.45, 2.75) is 4.90 Å². The lowest BCUT2D eigenvalue weighted by Crippen LogP contribution is -2.46. The third kappa shape index (κ3) is 3.08. The monoisotopic (exact) mass is 410 g/mol. The maximum absolute atomic E-state index is 12.1. The van der Waals surface area contributed by atoms with Crippen LogP contribution in [0.5, 0.6) is 0 Å². The molecule has 3 heterocycles. The Labute approximate surface area is 167 Å². The Kier molecular flexibility index (Phi) is 4.17. The average Bonchev–Trinajstić information content (AvgIpc) is 3.34. The van der Waals surface area contributed by atoms with Crippen molar-refractivity contribution in [3.63, 3.8) is 0 Å². The van der Waals surface area contributed by atoms with Crippen LogP contribution in [-0.4, -0.2) is 44.0 Å². The molecule has 6 nitrogen and oxygen atoms in total. The molecule has 1 saturated heterocycles. The molecular formula is C20H18N4O2S2. The molecule has 28 heavy (non-hydrogen) atoms. The molecule has 0 bridgehead atoms. The number of hydrogen-bond acceptors (Lipinski definition) is 7. The number of aromatic nitrogens is 2. The maximum Gasteiger partial charge on any atom is 0.205 e. The van der Waals surface area contributed by atoms with E-state index in [-0.39, 0.29) is 0 Å². The third-order valence-corrected chi connectivity index (χ3v) is 7.33. The summed E-state index contributed by atoms with van der Waals surface area (Å²) in [6.45, 7) is 3.27. The first kappa shape index (κ1) is 17.4. The lowest BCUT2D eigenvalue weighted by molar-refractivity contribution is 0.605. The molecule has 8 heteroatoms. The highest BCUT2D eigenvalue weighted by molar-refractivity contribution is 7.94. The van der Waals surface area contributed by atoms with E-state index in [1.54, 1.807) is 12.1 Å². The standard InChI is InChI=1S/C20H18N4O2S2/c25-28(26)13-8-15-6-7-17(14-18(15)28)23-9-11-24(12-10-23)20-21-19(22-27-20)16-4-2-1-3-5-16/h1-8,13-14H,9-12H2. The van der Waals surface area contributed by atoms with Crippen molar-refractivity contribution in [1.29, 1.82) is 0 Å². The second kappa shape index (κ2) is 6.72. The maximum atomic E-state index is 12.1. The highest BCUT2D eigenvalue weighted by Crippen LogP contribution is 2.31. The Bertz CT molecular complexity index is 1150. The quantitative estimate of drug-likeness (QED) is 0.660. The molecule has 1 aromatic heterocycles. The predicted octanol–water partition coefficient (Wildman–Crippen LogP) is 3.29. The van der Waals surface area contributed by atoms with Gasteiger partial charge in [0.25, 0.3) is 0 Å². The molecule has 0 amide bonds. The lowest BCUT2D eigenvalue weighted by Gasteiger charge is -2.35. The van der Waals surface area contributed by atoms with E-state index in [1.807, 2.05) is 42.5 Å². The van der Waals surface area contributed by atoms with Crippen LogP contribution in [0.2, 0.25) is 0 Å². The number of benzene rings is 2. The van der Waals surface area contributed by atoms with Crippen LogP contribution in [0.4, 0.5) is 10.8 Å². The summed E-state index contributed by atoms with van der Waals surface area (Å²) in [6.07, 6.45) is 1.66. The fourth-order valence-electron chi connectivity index (χ4n) is 3.54. The molecule has 5 rings (SSSR count). The number of nitrogens with zero attached hydrogens (tertiary/aromatic N) is 4. The molecule has 0 aliphatic carbocycles. The molecule has 0 unspecified atom stereocenters. The van der Waals surface area contributed by atoms with Crippen LogP contribution < -0.4 is 9.80 Å². The number of fused-ring (bicyclic) bond motifs is 1. The second-order valence-corrected chi connectivity index (χ2v) is 9.34. The molecular weight excluding hydrogens is 392 g/mol. The molecule has 1 fully saturated rings. The minimum Gasteiger partial charge on any atom is -0.368 e. The van der Waals surface area contributed by atoms with E-state index in [0.29, 0.717) is 4.90 Å². The van der Waals surface area contributed by atoms with Gasteiger partial charge in [-0.15, -0.1) is 0 Å². The minimum absolute atomic E-state index is 0.407. The van der Waals surface area contributed by atoms with Crippen molar-refractivity contribution in [2.75, 3.05) is 36.0 Å². The largest absolute Gasteiger partial charge is 0.368 e. The van der Waals surface area contributed by atoms with Crippen LogP contribution in [0.15, 0.2) is 58.8 Å². The van der Waals surface area contributed by atoms with Gasteiger partial charge in [-0.25, -0.2) is 8.42 Å². The predicted molar refractivity (Wildman–Crippen MR) is 112 cm³/mol. The highest BCUT2D eigenvalue weighted by Gasteiger charge is 2.24. The molecule has 142 valence electrons. The van der Waals surface area contributed by atoms with Crippen LogP contribution in [0.1, 0.15) is 5.56 Å². The topological polar surface area (TPSA) is 66.4 Å². The lowest BCUT2D eigenvalue weighted by atomic mass is 10.2. The first-order valence-electron chi connectivity index (χ1n) is 9.06. The van der Waals surface area contributed by atoms with Gasteiger partial charge in [-0.05, 0) is 23.8 Å². The highest BCUT2D eigenvalue weighted by atomic mass is 32.2. The van der Waals surface area contributed by atoms with Crippen molar-refractivity contribution in [1.82, 2.24) is 9.36 Å². The Morgan fingerprint density at radius 1 is 0.929 bits per heavy atom. The first-order chi connectivity index (χ1) is 13.6. The third-order valence-electron chi connectivity index (χ3n) is 5.09. The molecule has 2 aliphatic rings. The van der Waals surface area contributed by atoms with E-state index in [2.05, 4.69) is 14.2 Å². The van der Waals surface area contributed by atoms with Crippen molar-refractivity contribution in [3.8, 4) is 11.4 Å². The molecule has 0 spiro atoms. The number of anilines is 2. The zero-order valence-electron chi connectivity index (χ0n) is 15.0. The molecule has 2 aliphatic heterocycles. The van der Waals surface area contributed by atoms with Crippen LogP contribution in [0.3, 0.4) is 0 Å². The summed E-state index contributed by atoms with van der Waals surface area (Å²) in [7, 11) is -3.28. The van der Waals surface area contributed by atoms with Crippen LogP contribution in [0, 0.1) is 0 Å². The van der Waals surface area contributed by atoms with E-state index in [1.165, 1.54) is 16.9 Å². The van der Waals surface area contributed by atoms with Crippen LogP contribution in [-0.2, 0) is 9.84 Å². The van der Waals surface area contributed by atoms with Crippen LogP contribution >= 0.6 is 11.5 Å². The van der Waals surface area contributed by atoms with Crippen molar-refractivity contribution < 1.29 is 8.42 Å². The number of rotatable bonds is 3. The summed E-state index contributed by atoms with van der Waals surface area (Å²) in [5, 5.41) is 2.21. The fourth-order valence-corrected chi connectivity index (χ4v) is 5.51. The number of piperazine rings is 1. The van der Waals surface area contributed by atoms with Crippen molar-refractivity contribution in [3.05, 3.63) is 59.5 Å². The summed E-state index contributed by atoms with van der Waals surface area (Å²) in [5.74, 6) is 0.763. The van der Waals surface area contributed by atoms with E-state index >= 15 is 0 Å². The summed E-state index contributed by atoms with van der Waals surface area (Å²) < 4.78 is 28.7. The van der Waals surface area contributed by atoms with Gasteiger partial charge in [-0.3, -0.25) is 0 Å². The van der Waals surface area contributed by atoms with E-state index in [4.69, 9.17) is 4.98 Å². The van der Waals surface area contributed by atoms with E-state index < -0.39 is 9.84 Å². The van der Waals surface area contributed by atoms with Gasteiger partial charge in [0.15, 0.2) is 5.82 Å². The van der Waals surface area contributed by atoms with Gasteiger partial charge in [0.2, 0.25) is 15.0 Å². The smallest absolute Gasteiger partial charge is 0.205 e. The van der Waals surface area contributed by atoms with Crippen LogP contribution in [0.25, 0.3) is 17.5 Å². The summed E-state index contributed by atoms with van der Waals surface area (Å²) in [6, 6.07) is 15.7. The van der Waals surface area contributed by atoms with Crippen molar-refractivity contribution >= 4 is 38.3 Å². The molecule has 2 aromatic carbocycles. The van der Waals surface area contributed by atoms with Gasteiger partial charge in [-0.1, -0.05) is 36.4 Å². The zero-order chi connectivity index (χ0) is 19.1. The molecule has 3 aromatic rings. The molecule has 0 saturated carbocycles. The summed E-state index contributed by atoms with van der Waals surface area (Å²) in [5.41, 5.74) is 2.74. The van der Waals surface area contributed by atoms with E-state index in [9.17, 15) is 8.42 Å². The van der Waals surface area contributed by atoms with Gasteiger partial charge in [-0.2, -0.15) is 9.36 Å². The average molecular weight is 411 g/mol. The summed E-state index contributed by atoms with van der Waals surface area (Å²) >= 11 is 1.42. The SMILES string of the molecule is O=S1(=O)C=Cc2ccc(N3CCN(c4nc(-c5ccccc5)ns4)CC3)cc21. The van der Waals surface area contributed by atoms with Gasteiger partial charge in [0, 0.05) is 54.4 Å². The first-order valence-corrected chi connectivity index (χ1v) is 11.4. The zero-order valence-corrected chi connectivity index (χ0v) is 16.7. The molecule has 0 radical (unpaired) electrons. The van der Waals surface area contributed by atoms with Gasteiger partial charge in [0.1, 0.15) is 0 Å². The fraction of sp³-hybridized carbons (Fsp3) is 0.200. The van der Waals surface area contributed by atoms with Gasteiger partial charge in [0.05, 0.1) is 4.90 Å². The van der Waals surface area contributed by atoms with Gasteiger partial charge < -0.3 is 9.80 Å². The van der Waals surface area contributed by atoms with Crippen molar-refractivity contribution in [2.24, 2.45) is 0 Å². The Morgan fingerprint density at radius 3 is 2.46 bits per heavy atom. The Hall–Kier alpha value is -2.71. The number of hydrogen-bond donors (Lipinski definition) is 0. The Balaban J connectivity index is 1.29. The second-order valence-electron chi connectivity index (χ2n) is 6.81.